The molecule has 144 heavy (non-hydrogen) atoms. The Morgan fingerprint density at radius 3 is 1.11 bits per heavy atom. The van der Waals surface area contributed by atoms with Crippen LogP contribution in [0, 0.1) is 38.1 Å². The summed E-state index contributed by atoms with van der Waals surface area (Å²) in [6, 6.07) is 155. The quantitative estimate of drug-likeness (QED) is 0.0556. The van der Waals surface area contributed by atoms with Crippen LogP contribution in [0.3, 0.4) is 0 Å². The van der Waals surface area contributed by atoms with Crippen LogP contribution in [0.5, 0.6) is 46.5 Å². The Labute approximate surface area is 899 Å². The van der Waals surface area contributed by atoms with E-state index in [0.29, 0.717) is 58.0 Å². The molecule has 8 heterocycles. The summed E-state index contributed by atoms with van der Waals surface area (Å²) in [6.07, 6.45) is 6.81. The van der Waals surface area contributed by atoms with Crippen LogP contribution in [-0.4, -0.2) is 49.0 Å². The van der Waals surface area contributed by atoms with Gasteiger partial charge in [-0.2, -0.15) is 11.2 Å². The third kappa shape index (κ3) is 23.5. The van der Waals surface area contributed by atoms with Gasteiger partial charge in [-0.1, -0.05) is 303 Å². The van der Waals surface area contributed by atoms with E-state index in [0.717, 1.165) is 89.1 Å². The molecule has 24 heteroatoms. The number of hydrogen-bond acceptors (Lipinski definition) is 14. The molecule has 14 aromatic carbocycles. The molecule has 0 saturated heterocycles. The summed E-state index contributed by atoms with van der Waals surface area (Å²) in [5, 5.41) is 13.9. The Kier molecular flexibility index (Phi) is 35.1. The van der Waals surface area contributed by atoms with Gasteiger partial charge in [0.15, 0.2) is 5.76 Å². The van der Waals surface area contributed by atoms with Crippen LogP contribution in [0.15, 0.2) is 448 Å². The van der Waals surface area contributed by atoms with E-state index in [2.05, 4.69) is 403 Å². The van der Waals surface area contributed by atoms with E-state index in [1.165, 1.54) is 83.9 Å². The van der Waals surface area contributed by atoms with Gasteiger partial charge in [-0.15, -0.1) is 94.6 Å². The standard InChI is InChI=1S/C41H28N3O.C27H20N3O.C26H17N2O2.C26H17N2OS.4ClH.4Pd/c1-26-40(27(2)44(43-26)29-12-11-13-30(25-29)45-39-20-9-10-23-42-39)28-21-22-38-34(24-28)33-16-5-8-19-37(33)41(38)35-17-6-3-14-31(35)32-15-4-7-18-36(32)41;1-30-26(22-15-13-21(14-16-22)20-8-3-2-4-9-20)19-25(29-30)23-10-7-11-24(18-23)31-27-12-5-6-17-28-27;2*1-2-7-19(8-3-1)20-12-14-21(15-13-20)25-18-24(28-30-25)22-9-6-10-23(17-22)29-26-11-4-5-16-27-26;;;;;;;;/h3-24H,1-2H3;2-17,19H,1H3;2*1-16,18H;4*1H;;;;/q4*-1;;;;;4*+2/p-4. The van der Waals surface area contributed by atoms with Crippen LogP contribution in [0.2, 0.25) is 0 Å². The normalized spacial score (nSPS) is 11.1. The monoisotopic (exact) mass is 2340 g/mol. The average Bonchev–Trinajstić information content (AvgIpc) is 1.51. The number of nitrogens with zero attached hydrogens (tertiary/aromatic N) is 10. The topological polar surface area (TPSA) is 163 Å². The second-order valence-electron chi connectivity index (χ2n) is 32.4. The summed E-state index contributed by atoms with van der Waals surface area (Å²) in [6.45, 7) is 4.21. The zero-order chi connectivity index (χ0) is 99.5. The first kappa shape index (κ1) is 101. The molecular formula is C120H82Cl4N10O5Pd4S. The maximum Gasteiger partial charge on any atom is 0.217 e. The molecule has 0 bridgehead atoms. The van der Waals surface area contributed by atoms with Gasteiger partial charge in [-0.05, 0) is 162 Å². The third-order valence-corrected chi connectivity index (χ3v) is 24.7. The molecular weight excluding hydrogens is 2260 g/mol. The molecule has 0 atom stereocenters. The molecule has 2 aliphatic carbocycles. The van der Waals surface area contributed by atoms with Crippen molar-refractivity contribution in [3.05, 3.63) is 501 Å². The van der Waals surface area contributed by atoms with Crippen molar-refractivity contribution in [2.24, 2.45) is 7.05 Å². The molecule has 22 aromatic rings. The molecule has 1 spiro atoms. The van der Waals surface area contributed by atoms with Crippen molar-refractivity contribution >= 4 is 49.6 Å². The van der Waals surface area contributed by atoms with Crippen LogP contribution in [-0.2, 0) is 85.2 Å². The number of rotatable bonds is 19. The van der Waals surface area contributed by atoms with Gasteiger partial charge in [0, 0.05) is 118 Å². The average molecular weight is 2340 g/mol. The van der Waals surface area contributed by atoms with Crippen molar-refractivity contribution in [3.63, 3.8) is 0 Å². The van der Waals surface area contributed by atoms with Gasteiger partial charge >= 0.3 is 111 Å². The number of halogens is 4. The van der Waals surface area contributed by atoms with Crippen molar-refractivity contribution in [2.45, 2.75) is 19.3 Å². The molecule has 8 aromatic heterocycles. The zero-order valence-electron chi connectivity index (χ0n) is 76.8. The Balaban J connectivity index is 0.000000131. The minimum Gasteiger partial charge on any atom is -0.459 e. The van der Waals surface area contributed by atoms with Crippen molar-refractivity contribution in [2.75, 3.05) is 0 Å². The molecule has 2 aliphatic rings. The predicted molar refractivity (Wildman–Crippen MR) is 562 cm³/mol. The van der Waals surface area contributed by atoms with Crippen LogP contribution in [0.1, 0.15) is 33.6 Å². The van der Waals surface area contributed by atoms with Gasteiger partial charge in [0.2, 0.25) is 23.5 Å². The SMILES string of the molecule is Cc1nn(-c2[c-]c(Oc3ccccn3)ccc2)c(C)c1-c1ccc2c(c1)-c1ccccc1C21c2ccccc2-c2ccccc21.Cn1nc(-c2[c-]c(Oc3ccccn3)ccc2)cc1-c1ccc(-c2ccccc2)cc1.[Cl][Pd+].[Cl][Pd+].[Cl][Pd+].[Cl][Pd+].[c-]1c(Oc2ccccn2)cccc1-c1cc(-c2ccc(-c3ccccc3)cc2)on1.[c-]1c(Oc2ccccn2)cccc1-c1cc(-c2ccc(-c3ccccc3)cc2)sn1. The summed E-state index contributed by atoms with van der Waals surface area (Å²) in [5.74, 6) is 5.23. The van der Waals surface area contributed by atoms with E-state index in [-0.39, 0.29) is 5.41 Å². The Morgan fingerprint density at radius 1 is 0.306 bits per heavy atom. The van der Waals surface area contributed by atoms with Gasteiger partial charge in [-0.25, -0.2) is 29.4 Å². The van der Waals surface area contributed by atoms with Gasteiger partial charge in [-0.3, -0.25) is 9.36 Å². The van der Waals surface area contributed by atoms with E-state index < -0.39 is 0 Å². The number of pyridine rings is 4. The molecule has 0 radical (unpaired) electrons. The Bertz CT molecular complexity index is 7720. The zero-order valence-corrected chi connectivity index (χ0v) is 86.9. The van der Waals surface area contributed by atoms with Gasteiger partial charge in [0.1, 0.15) is 0 Å². The van der Waals surface area contributed by atoms with Gasteiger partial charge < -0.3 is 23.5 Å². The van der Waals surface area contributed by atoms with E-state index in [4.69, 9.17) is 33.7 Å². The third-order valence-electron chi connectivity index (χ3n) is 23.8. The summed E-state index contributed by atoms with van der Waals surface area (Å²) in [5.41, 5.74) is 31.8. The fourth-order valence-corrected chi connectivity index (χ4v) is 18.3. The molecule has 0 fully saturated rings. The molecule has 0 aliphatic heterocycles. The van der Waals surface area contributed by atoms with E-state index in [9.17, 15) is 0 Å². The van der Waals surface area contributed by atoms with E-state index >= 15 is 0 Å². The fraction of sp³-hybridized carbons (Fsp3) is 0.0333. The summed E-state index contributed by atoms with van der Waals surface area (Å²) < 4.78 is 37.4. The molecule has 0 saturated carbocycles. The smallest absolute Gasteiger partial charge is 0.217 e. The fourth-order valence-electron chi connectivity index (χ4n) is 17.5. The van der Waals surface area contributed by atoms with E-state index in [1.54, 1.807) is 30.9 Å². The maximum absolute atomic E-state index is 5.97. The molecule has 0 amide bonds. The number of aromatic nitrogens is 10. The number of ether oxygens (including phenoxy) is 4. The summed E-state index contributed by atoms with van der Waals surface area (Å²) in [7, 11) is 19.9. The van der Waals surface area contributed by atoms with Crippen molar-refractivity contribution in [3.8, 4) is 186 Å². The Morgan fingerprint density at radius 2 is 0.667 bits per heavy atom. The molecule has 0 unspecified atom stereocenters. The van der Waals surface area contributed by atoms with Crippen LogP contribution in [0.25, 0.3) is 139 Å². The largest absolute Gasteiger partial charge is 0.459 e. The first-order chi connectivity index (χ1) is 71.1. The molecule has 716 valence electrons. The molecule has 24 rings (SSSR count). The second-order valence-corrected chi connectivity index (χ2v) is 33.2. The summed E-state index contributed by atoms with van der Waals surface area (Å²) >= 11 is 10.4. The van der Waals surface area contributed by atoms with Crippen LogP contribution < -0.4 is 18.9 Å². The van der Waals surface area contributed by atoms with E-state index in [1.807, 2.05) is 204 Å². The molecule has 15 nitrogen and oxygen atoms in total. The predicted octanol–water partition coefficient (Wildman–Crippen LogP) is 32.4. The van der Waals surface area contributed by atoms with Gasteiger partial charge in [0.25, 0.3) is 0 Å². The molecule has 0 N–H and O–H groups in total. The number of hydrogen-bond donors (Lipinski definition) is 0. The second kappa shape index (κ2) is 49.8. The minimum atomic E-state index is -0.338. The van der Waals surface area contributed by atoms with Crippen molar-refractivity contribution < 1.29 is 96.2 Å². The van der Waals surface area contributed by atoms with Crippen LogP contribution in [0.4, 0.5) is 0 Å². The number of benzene rings is 14. The van der Waals surface area contributed by atoms with Crippen molar-refractivity contribution in [1.82, 2.24) is 49.0 Å². The van der Waals surface area contributed by atoms with Crippen molar-refractivity contribution in [1.29, 1.82) is 0 Å². The van der Waals surface area contributed by atoms with Crippen LogP contribution >= 0.6 is 49.6 Å². The number of aryl methyl sites for hydroxylation is 2. The summed E-state index contributed by atoms with van der Waals surface area (Å²) in [4.78, 5) is 18.0. The first-order valence-corrected chi connectivity index (χ1v) is 53.8. The Hall–Kier alpha value is -14.1. The van der Waals surface area contributed by atoms with Gasteiger partial charge in [0.05, 0.1) is 16.8 Å². The number of fused-ring (bicyclic) bond motifs is 10. The maximum atomic E-state index is 5.97. The minimum absolute atomic E-state index is 0.338. The first-order valence-electron chi connectivity index (χ1n) is 45.0.